The highest BCUT2D eigenvalue weighted by atomic mass is 19.1. The van der Waals surface area contributed by atoms with Crippen LogP contribution in [-0.4, -0.2) is 41.7 Å². The molecule has 5 nitrogen and oxygen atoms in total. The Labute approximate surface area is 110 Å². The maximum absolute atomic E-state index is 12.9. The van der Waals surface area contributed by atoms with E-state index in [2.05, 4.69) is 20.4 Å². The fraction of sp³-hybridized carbons (Fsp3) is 0.385. The third-order valence-corrected chi connectivity index (χ3v) is 3.34. The summed E-state index contributed by atoms with van der Waals surface area (Å²) in [5.41, 5.74) is 0.728. The highest BCUT2D eigenvalue weighted by Crippen LogP contribution is 2.22. The summed E-state index contributed by atoms with van der Waals surface area (Å²) in [5.74, 6) is 0.808. The minimum absolute atomic E-state index is 0.117. The van der Waals surface area contributed by atoms with Crippen LogP contribution in [0.25, 0.3) is 11.5 Å². The first-order valence-electron chi connectivity index (χ1n) is 6.24. The molecule has 3 rings (SSSR count). The number of halogens is 1. The maximum Gasteiger partial charge on any atom is 0.257 e. The molecule has 1 fully saturated rings. The van der Waals surface area contributed by atoms with Crippen molar-refractivity contribution in [3.63, 3.8) is 0 Å². The molecule has 1 aliphatic rings. The number of benzene rings is 1. The monoisotopic (exact) mass is 262 g/mol. The van der Waals surface area contributed by atoms with Crippen LogP contribution in [0.5, 0.6) is 0 Å². The Morgan fingerprint density at radius 2 is 2.16 bits per heavy atom. The molecule has 0 saturated carbocycles. The average Bonchev–Trinajstić information content (AvgIpc) is 2.89. The molecule has 0 spiro atoms. The highest BCUT2D eigenvalue weighted by molar-refractivity contribution is 5.52. The third-order valence-electron chi connectivity index (χ3n) is 3.34. The van der Waals surface area contributed by atoms with Gasteiger partial charge in [-0.15, -0.1) is 0 Å². The van der Waals surface area contributed by atoms with Crippen molar-refractivity contribution in [1.29, 1.82) is 0 Å². The van der Waals surface area contributed by atoms with Crippen LogP contribution in [0.4, 0.5) is 4.39 Å². The van der Waals surface area contributed by atoms with E-state index in [1.54, 1.807) is 12.1 Å². The number of hydrogen-bond donors (Lipinski definition) is 1. The van der Waals surface area contributed by atoms with Crippen molar-refractivity contribution in [3.8, 4) is 11.5 Å². The number of aromatic nitrogens is 2. The smallest absolute Gasteiger partial charge is 0.257 e. The van der Waals surface area contributed by atoms with E-state index in [9.17, 15) is 4.39 Å². The molecular weight excluding hydrogens is 247 g/mol. The molecule has 1 aliphatic heterocycles. The summed E-state index contributed by atoms with van der Waals surface area (Å²) < 4.78 is 18.1. The van der Waals surface area contributed by atoms with Gasteiger partial charge in [-0.25, -0.2) is 4.39 Å². The van der Waals surface area contributed by atoms with Gasteiger partial charge in [0, 0.05) is 25.2 Å². The number of rotatable bonds is 2. The first-order chi connectivity index (χ1) is 9.24. The number of nitrogens with one attached hydrogen (secondary N) is 1. The lowest BCUT2D eigenvalue weighted by molar-refractivity contribution is 0.190. The molecule has 1 aromatic heterocycles. The molecular formula is C13H15FN4O. The second-order valence-electron chi connectivity index (χ2n) is 4.67. The molecule has 1 unspecified atom stereocenters. The van der Waals surface area contributed by atoms with Crippen molar-refractivity contribution in [1.82, 2.24) is 20.4 Å². The summed E-state index contributed by atoms with van der Waals surface area (Å²) >= 11 is 0. The molecule has 1 saturated heterocycles. The zero-order valence-corrected chi connectivity index (χ0v) is 10.6. The largest absolute Gasteiger partial charge is 0.334 e. The predicted octanol–water partition coefficient (Wildman–Crippen LogP) is 1.45. The molecule has 0 bridgehead atoms. The second-order valence-corrected chi connectivity index (χ2v) is 4.67. The average molecular weight is 262 g/mol. The number of nitrogens with zero attached hydrogens (tertiary/aromatic N) is 3. The van der Waals surface area contributed by atoms with Crippen molar-refractivity contribution in [2.75, 3.05) is 26.7 Å². The van der Waals surface area contributed by atoms with Gasteiger partial charge in [0.15, 0.2) is 5.82 Å². The molecule has 19 heavy (non-hydrogen) atoms. The van der Waals surface area contributed by atoms with Gasteiger partial charge in [0.2, 0.25) is 0 Å². The quantitative estimate of drug-likeness (QED) is 0.887. The van der Waals surface area contributed by atoms with Gasteiger partial charge in [-0.05, 0) is 31.3 Å². The lowest BCUT2D eigenvalue weighted by Crippen LogP contribution is -2.44. The van der Waals surface area contributed by atoms with Crippen LogP contribution in [-0.2, 0) is 0 Å². The summed E-state index contributed by atoms with van der Waals surface area (Å²) in [6.45, 7) is 2.72. The zero-order chi connectivity index (χ0) is 13.2. The van der Waals surface area contributed by atoms with Crippen LogP contribution in [0.15, 0.2) is 28.8 Å². The predicted molar refractivity (Wildman–Crippen MR) is 67.9 cm³/mol. The van der Waals surface area contributed by atoms with Gasteiger partial charge in [-0.3, -0.25) is 4.90 Å². The van der Waals surface area contributed by atoms with Crippen LogP contribution in [0.2, 0.25) is 0 Å². The molecule has 0 amide bonds. The van der Waals surface area contributed by atoms with Gasteiger partial charge in [0.05, 0.1) is 6.04 Å². The fourth-order valence-electron chi connectivity index (χ4n) is 2.17. The Hall–Kier alpha value is -1.79. The van der Waals surface area contributed by atoms with E-state index in [1.807, 2.05) is 7.05 Å². The molecule has 6 heteroatoms. The van der Waals surface area contributed by atoms with Gasteiger partial charge in [-0.2, -0.15) is 4.98 Å². The highest BCUT2D eigenvalue weighted by Gasteiger charge is 2.25. The molecule has 2 aromatic rings. The van der Waals surface area contributed by atoms with Crippen LogP contribution >= 0.6 is 0 Å². The maximum atomic E-state index is 12.9. The van der Waals surface area contributed by atoms with E-state index in [4.69, 9.17) is 4.52 Å². The fourth-order valence-corrected chi connectivity index (χ4v) is 2.17. The van der Waals surface area contributed by atoms with Gasteiger partial charge in [0.1, 0.15) is 5.82 Å². The Kier molecular flexibility index (Phi) is 3.27. The van der Waals surface area contributed by atoms with E-state index >= 15 is 0 Å². The Bertz CT molecular complexity index is 554. The van der Waals surface area contributed by atoms with E-state index < -0.39 is 0 Å². The minimum Gasteiger partial charge on any atom is -0.334 e. The van der Waals surface area contributed by atoms with Crippen LogP contribution in [0, 0.1) is 5.82 Å². The molecule has 1 N–H and O–H groups in total. The van der Waals surface area contributed by atoms with E-state index in [0.29, 0.717) is 11.7 Å². The number of hydrogen-bond acceptors (Lipinski definition) is 5. The lowest BCUT2D eigenvalue weighted by Gasteiger charge is -2.30. The van der Waals surface area contributed by atoms with Crippen molar-refractivity contribution < 1.29 is 8.91 Å². The Morgan fingerprint density at radius 1 is 1.37 bits per heavy atom. The Balaban J connectivity index is 1.84. The number of piperazine rings is 1. The van der Waals surface area contributed by atoms with Crippen molar-refractivity contribution in [2.45, 2.75) is 6.04 Å². The summed E-state index contributed by atoms with van der Waals surface area (Å²) in [6, 6.07) is 6.15. The standard InChI is InChI=1S/C13H15FN4O/c1-18-7-6-15-8-11(18)12-16-13(19-17-12)9-2-4-10(14)5-3-9/h2-5,11,15H,6-8H2,1H3. The van der Waals surface area contributed by atoms with Crippen LogP contribution in [0.1, 0.15) is 11.9 Å². The second kappa shape index (κ2) is 5.07. The molecule has 1 atom stereocenters. The topological polar surface area (TPSA) is 54.2 Å². The van der Waals surface area contributed by atoms with Crippen molar-refractivity contribution in [3.05, 3.63) is 35.9 Å². The van der Waals surface area contributed by atoms with E-state index in [-0.39, 0.29) is 11.9 Å². The summed E-state index contributed by atoms with van der Waals surface area (Å²) in [6.07, 6.45) is 0. The van der Waals surface area contributed by atoms with Crippen molar-refractivity contribution in [2.24, 2.45) is 0 Å². The first kappa shape index (κ1) is 12.3. The molecule has 0 aliphatic carbocycles. The Morgan fingerprint density at radius 3 is 2.89 bits per heavy atom. The van der Waals surface area contributed by atoms with Gasteiger partial charge < -0.3 is 9.84 Å². The molecule has 100 valence electrons. The van der Waals surface area contributed by atoms with E-state index in [1.165, 1.54) is 12.1 Å². The SMILES string of the molecule is CN1CCNCC1c1noc(-c2ccc(F)cc2)n1. The minimum atomic E-state index is -0.278. The lowest BCUT2D eigenvalue weighted by atomic mass is 10.2. The van der Waals surface area contributed by atoms with Gasteiger partial charge in [-0.1, -0.05) is 5.16 Å². The normalized spacial score (nSPS) is 20.6. The molecule has 0 radical (unpaired) electrons. The summed E-state index contributed by atoms with van der Waals surface area (Å²) in [7, 11) is 2.04. The number of likely N-dealkylation sites (N-methyl/N-ethyl adjacent to an activating group) is 1. The summed E-state index contributed by atoms with van der Waals surface area (Å²) in [5, 5.41) is 7.33. The zero-order valence-electron chi connectivity index (χ0n) is 10.6. The molecule has 2 heterocycles. The third kappa shape index (κ3) is 2.50. The van der Waals surface area contributed by atoms with Crippen molar-refractivity contribution >= 4 is 0 Å². The van der Waals surface area contributed by atoms with Gasteiger partial charge >= 0.3 is 0 Å². The first-order valence-corrected chi connectivity index (χ1v) is 6.24. The van der Waals surface area contributed by atoms with Crippen LogP contribution < -0.4 is 5.32 Å². The van der Waals surface area contributed by atoms with Gasteiger partial charge in [0.25, 0.3) is 5.89 Å². The molecule has 1 aromatic carbocycles. The van der Waals surface area contributed by atoms with Crippen LogP contribution in [0.3, 0.4) is 0 Å². The van der Waals surface area contributed by atoms with E-state index in [0.717, 1.165) is 25.2 Å². The summed E-state index contributed by atoms with van der Waals surface area (Å²) in [4.78, 5) is 6.59.